The Balaban J connectivity index is 1.45. The molecular weight excluding hydrogens is 433 g/mol. The number of hydrogen-bond acceptors (Lipinski definition) is 6. The molecule has 10 heteroatoms. The standard InChI is InChI=1S/C22H18FN5O3S/c1-31-18-8-3-2-7-17(18)25-20(29)13-32-22-27-26-19-10-9-14(12-28(19)22)21(30)24-16-6-4-5-15(23)11-16/h2-12H,13H2,1H3,(H,24,30)(H,25,29). The van der Waals surface area contributed by atoms with Gasteiger partial charge in [0.05, 0.1) is 24.1 Å². The van der Waals surface area contributed by atoms with Gasteiger partial charge in [-0.1, -0.05) is 30.0 Å². The molecule has 0 aliphatic rings. The topological polar surface area (TPSA) is 97.6 Å². The van der Waals surface area contributed by atoms with Gasteiger partial charge in [0.25, 0.3) is 5.91 Å². The first kappa shape index (κ1) is 21.3. The second kappa shape index (κ2) is 9.48. The number of ether oxygens (including phenoxy) is 1. The lowest BCUT2D eigenvalue weighted by atomic mass is 10.2. The normalized spacial score (nSPS) is 10.7. The van der Waals surface area contributed by atoms with Crippen molar-refractivity contribution in [2.45, 2.75) is 5.16 Å². The molecule has 0 fully saturated rings. The van der Waals surface area contributed by atoms with Crippen LogP contribution in [0.3, 0.4) is 0 Å². The number of para-hydroxylation sites is 2. The third kappa shape index (κ3) is 4.86. The minimum Gasteiger partial charge on any atom is -0.495 e. The molecular formula is C22H18FN5O3S. The molecule has 4 rings (SSSR count). The molecule has 4 aromatic rings. The first-order valence-electron chi connectivity index (χ1n) is 9.51. The third-order valence-electron chi connectivity index (χ3n) is 4.43. The Morgan fingerprint density at radius 2 is 1.91 bits per heavy atom. The van der Waals surface area contributed by atoms with Gasteiger partial charge in [-0.15, -0.1) is 10.2 Å². The van der Waals surface area contributed by atoms with Crippen molar-refractivity contribution in [3.8, 4) is 5.75 Å². The lowest BCUT2D eigenvalue weighted by Crippen LogP contribution is -2.15. The number of hydrogen-bond donors (Lipinski definition) is 2. The van der Waals surface area contributed by atoms with E-state index < -0.39 is 11.7 Å². The molecule has 2 aromatic heterocycles. The number of thioether (sulfide) groups is 1. The maximum atomic E-state index is 13.4. The summed E-state index contributed by atoms with van der Waals surface area (Å²) in [7, 11) is 1.53. The number of halogens is 1. The fourth-order valence-electron chi connectivity index (χ4n) is 2.94. The number of carbonyl (C=O) groups excluding carboxylic acids is 2. The van der Waals surface area contributed by atoms with Crippen molar-refractivity contribution in [2.24, 2.45) is 0 Å². The number of aromatic nitrogens is 3. The molecule has 0 spiro atoms. The number of anilines is 2. The molecule has 2 N–H and O–H groups in total. The number of nitrogens with one attached hydrogen (secondary N) is 2. The third-order valence-corrected chi connectivity index (χ3v) is 5.37. The van der Waals surface area contributed by atoms with Crippen molar-refractivity contribution in [1.82, 2.24) is 14.6 Å². The van der Waals surface area contributed by atoms with Crippen LogP contribution in [0.1, 0.15) is 10.4 Å². The van der Waals surface area contributed by atoms with E-state index in [9.17, 15) is 14.0 Å². The smallest absolute Gasteiger partial charge is 0.257 e. The summed E-state index contributed by atoms with van der Waals surface area (Å²) in [4.78, 5) is 24.9. The zero-order chi connectivity index (χ0) is 22.5. The van der Waals surface area contributed by atoms with Gasteiger partial charge in [-0.05, 0) is 42.5 Å². The zero-order valence-electron chi connectivity index (χ0n) is 16.9. The fourth-order valence-corrected chi connectivity index (χ4v) is 3.65. The Bertz CT molecular complexity index is 1290. The molecule has 2 amide bonds. The Hall–Kier alpha value is -3.92. The SMILES string of the molecule is COc1ccccc1NC(=O)CSc1nnc2ccc(C(=O)Nc3cccc(F)c3)cn12. The monoisotopic (exact) mass is 451 g/mol. The van der Waals surface area contributed by atoms with E-state index in [1.54, 1.807) is 47.0 Å². The van der Waals surface area contributed by atoms with Gasteiger partial charge < -0.3 is 15.4 Å². The van der Waals surface area contributed by atoms with Crippen LogP contribution >= 0.6 is 11.8 Å². The van der Waals surface area contributed by atoms with Crippen LogP contribution < -0.4 is 15.4 Å². The maximum Gasteiger partial charge on any atom is 0.257 e. The van der Waals surface area contributed by atoms with E-state index >= 15 is 0 Å². The number of fused-ring (bicyclic) bond motifs is 1. The Kier molecular flexibility index (Phi) is 6.31. The van der Waals surface area contributed by atoms with Crippen molar-refractivity contribution < 1.29 is 18.7 Å². The molecule has 0 bridgehead atoms. The van der Waals surface area contributed by atoms with E-state index in [1.807, 2.05) is 6.07 Å². The van der Waals surface area contributed by atoms with Crippen LogP contribution in [0.2, 0.25) is 0 Å². The molecule has 8 nitrogen and oxygen atoms in total. The minimum absolute atomic E-state index is 0.0819. The summed E-state index contributed by atoms with van der Waals surface area (Å²) in [5.41, 5.74) is 1.78. The largest absolute Gasteiger partial charge is 0.495 e. The van der Waals surface area contributed by atoms with E-state index in [0.717, 1.165) is 0 Å². The molecule has 0 radical (unpaired) electrons. The van der Waals surface area contributed by atoms with Gasteiger partial charge in [-0.2, -0.15) is 0 Å². The predicted molar refractivity (Wildman–Crippen MR) is 120 cm³/mol. The maximum absolute atomic E-state index is 13.4. The quantitative estimate of drug-likeness (QED) is 0.414. The molecule has 0 atom stereocenters. The number of nitrogens with zero attached hydrogens (tertiary/aromatic N) is 3. The predicted octanol–water partition coefficient (Wildman–Crippen LogP) is 3.86. The van der Waals surface area contributed by atoms with Crippen LogP contribution in [0, 0.1) is 5.82 Å². The Morgan fingerprint density at radius 1 is 1.06 bits per heavy atom. The van der Waals surface area contributed by atoms with Crippen molar-refractivity contribution in [3.63, 3.8) is 0 Å². The van der Waals surface area contributed by atoms with Crippen molar-refractivity contribution >= 4 is 40.6 Å². The van der Waals surface area contributed by atoms with Gasteiger partial charge in [0.15, 0.2) is 10.8 Å². The highest BCUT2D eigenvalue weighted by Gasteiger charge is 2.14. The lowest BCUT2D eigenvalue weighted by molar-refractivity contribution is -0.113. The van der Waals surface area contributed by atoms with E-state index in [2.05, 4.69) is 20.8 Å². The number of benzene rings is 2. The number of rotatable bonds is 7. The van der Waals surface area contributed by atoms with Crippen LogP contribution in [0.15, 0.2) is 72.0 Å². The summed E-state index contributed by atoms with van der Waals surface area (Å²) in [6.07, 6.45) is 1.57. The Morgan fingerprint density at radius 3 is 2.72 bits per heavy atom. The summed E-state index contributed by atoms with van der Waals surface area (Å²) >= 11 is 1.18. The fraction of sp³-hybridized carbons (Fsp3) is 0.0909. The van der Waals surface area contributed by atoms with Gasteiger partial charge in [-0.25, -0.2) is 4.39 Å². The highest BCUT2D eigenvalue weighted by molar-refractivity contribution is 7.99. The van der Waals surface area contributed by atoms with Crippen LogP contribution in [0.25, 0.3) is 5.65 Å². The van der Waals surface area contributed by atoms with Gasteiger partial charge in [0, 0.05) is 11.9 Å². The van der Waals surface area contributed by atoms with Crippen LogP contribution in [-0.4, -0.2) is 39.3 Å². The van der Waals surface area contributed by atoms with Crippen LogP contribution in [-0.2, 0) is 4.79 Å². The molecule has 2 aromatic carbocycles. The molecule has 162 valence electrons. The van der Waals surface area contributed by atoms with Gasteiger partial charge >= 0.3 is 0 Å². The average Bonchev–Trinajstić information content (AvgIpc) is 3.20. The summed E-state index contributed by atoms with van der Waals surface area (Å²) in [5, 5.41) is 14.1. The van der Waals surface area contributed by atoms with Gasteiger partial charge in [0.1, 0.15) is 11.6 Å². The first-order chi connectivity index (χ1) is 15.5. The molecule has 0 aliphatic carbocycles. The van der Waals surface area contributed by atoms with E-state index in [0.29, 0.717) is 33.5 Å². The number of amides is 2. The van der Waals surface area contributed by atoms with E-state index in [4.69, 9.17) is 4.74 Å². The molecule has 0 unspecified atom stereocenters. The van der Waals surface area contributed by atoms with Gasteiger partial charge in [-0.3, -0.25) is 14.0 Å². The van der Waals surface area contributed by atoms with Crippen LogP contribution in [0.5, 0.6) is 5.75 Å². The zero-order valence-corrected chi connectivity index (χ0v) is 17.7. The molecule has 0 aliphatic heterocycles. The molecule has 0 saturated heterocycles. The highest BCUT2D eigenvalue weighted by atomic mass is 32.2. The summed E-state index contributed by atoms with van der Waals surface area (Å²) in [5.74, 6) is -0.444. The van der Waals surface area contributed by atoms with E-state index in [-0.39, 0.29) is 11.7 Å². The first-order valence-corrected chi connectivity index (χ1v) is 10.5. The second-order valence-corrected chi connectivity index (χ2v) is 7.57. The summed E-state index contributed by atoms with van der Waals surface area (Å²) in [6.45, 7) is 0. The second-order valence-electron chi connectivity index (χ2n) is 6.63. The van der Waals surface area contributed by atoms with E-state index in [1.165, 1.54) is 37.1 Å². The molecule has 0 saturated carbocycles. The van der Waals surface area contributed by atoms with Gasteiger partial charge in [0.2, 0.25) is 5.91 Å². The number of pyridine rings is 1. The van der Waals surface area contributed by atoms with Crippen molar-refractivity contribution in [1.29, 1.82) is 0 Å². The number of methoxy groups -OCH3 is 1. The van der Waals surface area contributed by atoms with Crippen molar-refractivity contribution in [3.05, 3.63) is 78.2 Å². The molecule has 32 heavy (non-hydrogen) atoms. The number of carbonyl (C=O) groups is 2. The minimum atomic E-state index is -0.442. The Labute approximate surface area is 186 Å². The average molecular weight is 451 g/mol. The van der Waals surface area contributed by atoms with Crippen molar-refractivity contribution in [2.75, 3.05) is 23.5 Å². The summed E-state index contributed by atoms with van der Waals surface area (Å²) in [6, 6.07) is 16.0. The highest BCUT2D eigenvalue weighted by Crippen LogP contribution is 2.24. The summed E-state index contributed by atoms with van der Waals surface area (Å²) < 4.78 is 20.2. The lowest BCUT2D eigenvalue weighted by Gasteiger charge is -2.09. The molecule has 2 heterocycles. The van der Waals surface area contributed by atoms with Crippen LogP contribution in [0.4, 0.5) is 15.8 Å².